The lowest BCUT2D eigenvalue weighted by Crippen LogP contribution is -2.59. The van der Waals surface area contributed by atoms with Crippen LogP contribution in [0.1, 0.15) is 98.2 Å². The topological polar surface area (TPSA) is 81.3 Å². The van der Waals surface area contributed by atoms with Crippen molar-refractivity contribution in [1.82, 2.24) is 9.97 Å². The highest BCUT2D eigenvalue weighted by Crippen LogP contribution is 2.69. The molecule has 0 amide bonds. The van der Waals surface area contributed by atoms with E-state index in [0.29, 0.717) is 35.5 Å². The molecule has 218 valence electrons. The van der Waals surface area contributed by atoms with Gasteiger partial charge >= 0.3 is 11.9 Å². The van der Waals surface area contributed by atoms with Gasteiger partial charge in [-0.15, -0.1) is 0 Å². The van der Waals surface area contributed by atoms with Crippen LogP contribution in [0.25, 0.3) is 11.0 Å². The van der Waals surface area contributed by atoms with Gasteiger partial charge in [0.25, 0.3) is 0 Å². The molecular formula is C34H48N2O4. The maximum absolute atomic E-state index is 12.5. The Labute approximate surface area is 239 Å². The molecule has 40 heavy (non-hydrogen) atoms. The van der Waals surface area contributed by atoms with E-state index in [1.807, 2.05) is 6.07 Å². The summed E-state index contributed by atoms with van der Waals surface area (Å²) < 4.78 is 12.0. The molecule has 0 unspecified atom stereocenters. The summed E-state index contributed by atoms with van der Waals surface area (Å²) in [5.41, 5.74) is 2.39. The van der Waals surface area contributed by atoms with Crippen molar-refractivity contribution < 1.29 is 19.1 Å². The number of carbonyl (C=O) groups excluding carboxylic acids is 2. The van der Waals surface area contributed by atoms with E-state index in [1.54, 1.807) is 6.92 Å². The predicted octanol–water partition coefficient (Wildman–Crippen LogP) is 7.26. The summed E-state index contributed by atoms with van der Waals surface area (Å²) in [6.07, 6.45) is 11.0. The summed E-state index contributed by atoms with van der Waals surface area (Å²) >= 11 is 0. The quantitative estimate of drug-likeness (QED) is 0.384. The smallest absolute Gasteiger partial charge is 0.302 e. The molecule has 4 aliphatic rings. The number of rotatable bonds is 6. The maximum Gasteiger partial charge on any atom is 0.302 e. The molecule has 6 heteroatoms. The van der Waals surface area contributed by atoms with Crippen LogP contribution in [0.5, 0.6) is 0 Å². The third kappa shape index (κ3) is 4.67. The average Bonchev–Trinajstić information content (AvgIpc) is 3.49. The minimum Gasteiger partial charge on any atom is -0.463 e. The van der Waals surface area contributed by atoms with Gasteiger partial charge in [-0.1, -0.05) is 32.9 Å². The first-order valence-corrected chi connectivity index (χ1v) is 15.9. The van der Waals surface area contributed by atoms with Crippen LogP contribution in [0, 0.1) is 46.3 Å². The zero-order valence-electron chi connectivity index (χ0n) is 25.1. The van der Waals surface area contributed by atoms with E-state index in [9.17, 15) is 9.59 Å². The lowest BCUT2D eigenvalue weighted by Gasteiger charge is -2.62. The number of para-hydroxylation sites is 2. The third-order valence-corrected chi connectivity index (χ3v) is 12.4. The van der Waals surface area contributed by atoms with Crippen molar-refractivity contribution in [2.45, 2.75) is 111 Å². The minimum absolute atomic E-state index is 0.0122. The van der Waals surface area contributed by atoms with Gasteiger partial charge in [-0.25, -0.2) is 4.98 Å². The fraction of sp³-hybridized carbons (Fsp3) is 0.735. The maximum atomic E-state index is 12.5. The molecular weight excluding hydrogens is 500 g/mol. The highest BCUT2D eigenvalue weighted by molar-refractivity contribution is 5.74. The number of aromatic amines is 1. The Kier molecular flexibility index (Phi) is 7.28. The van der Waals surface area contributed by atoms with Gasteiger partial charge in [-0.2, -0.15) is 0 Å². The van der Waals surface area contributed by atoms with Crippen LogP contribution in [0.2, 0.25) is 0 Å². The second-order valence-corrected chi connectivity index (χ2v) is 14.3. The second kappa shape index (κ2) is 10.5. The molecule has 1 aromatic carbocycles. The van der Waals surface area contributed by atoms with E-state index in [4.69, 9.17) is 14.5 Å². The molecule has 6 nitrogen and oxygen atoms in total. The Morgan fingerprint density at radius 1 is 1.00 bits per heavy atom. The second-order valence-electron chi connectivity index (χ2n) is 14.3. The highest BCUT2D eigenvalue weighted by atomic mass is 16.5. The van der Waals surface area contributed by atoms with Gasteiger partial charge in [0.1, 0.15) is 18.0 Å². The molecule has 1 aromatic heterocycles. The van der Waals surface area contributed by atoms with E-state index in [1.165, 1.54) is 32.6 Å². The molecule has 10 atom stereocenters. The largest absolute Gasteiger partial charge is 0.463 e. The molecule has 0 bridgehead atoms. The summed E-state index contributed by atoms with van der Waals surface area (Å²) in [7, 11) is 0. The summed E-state index contributed by atoms with van der Waals surface area (Å²) in [5.74, 6) is 4.28. The lowest BCUT2D eigenvalue weighted by atomic mass is 9.43. The van der Waals surface area contributed by atoms with Gasteiger partial charge in [0.05, 0.1) is 11.0 Å². The number of aromatic nitrogens is 2. The first-order chi connectivity index (χ1) is 19.1. The molecule has 6 rings (SSSR count). The number of nitrogens with zero attached hydrogens (tertiary/aromatic N) is 1. The molecule has 1 N–H and O–H groups in total. The fourth-order valence-electron chi connectivity index (χ4n) is 10.5. The molecule has 2 aromatic rings. The van der Waals surface area contributed by atoms with Crippen LogP contribution < -0.4 is 0 Å². The monoisotopic (exact) mass is 548 g/mol. The number of fused-ring (bicyclic) bond motifs is 6. The molecule has 0 aliphatic heterocycles. The van der Waals surface area contributed by atoms with E-state index in [2.05, 4.69) is 44.0 Å². The number of esters is 2. The summed E-state index contributed by atoms with van der Waals surface area (Å²) in [6.45, 7) is 10.5. The van der Waals surface area contributed by atoms with Crippen LogP contribution in [0.15, 0.2) is 24.3 Å². The van der Waals surface area contributed by atoms with Crippen molar-refractivity contribution in [3.63, 3.8) is 0 Å². The van der Waals surface area contributed by atoms with Crippen molar-refractivity contribution in [1.29, 1.82) is 0 Å². The summed E-state index contributed by atoms with van der Waals surface area (Å²) in [6, 6.07) is 8.26. The molecule has 4 aliphatic carbocycles. The van der Waals surface area contributed by atoms with Crippen LogP contribution in [0.4, 0.5) is 0 Å². The average molecular weight is 549 g/mol. The first-order valence-electron chi connectivity index (χ1n) is 15.9. The Bertz CT molecular complexity index is 1220. The molecule has 4 fully saturated rings. The molecule has 1 heterocycles. The minimum atomic E-state index is -0.155. The number of ether oxygens (including phenoxy) is 2. The molecule has 0 radical (unpaired) electrons. The van der Waals surface area contributed by atoms with Gasteiger partial charge in [-0.3, -0.25) is 9.59 Å². The number of benzene rings is 1. The Balaban J connectivity index is 1.22. The molecule has 0 spiro atoms. The van der Waals surface area contributed by atoms with Crippen LogP contribution in [-0.4, -0.2) is 34.1 Å². The fourth-order valence-corrected chi connectivity index (χ4v) is 10.5. The van der Waals surface area contributed by atoms with E-state index >= 15 is 0 Å². The van der Waals surface area contributed by atoms with Crippen molar-refractivity contribution >= 4 is 23.0 Å². The van der Waals surface area contributed by atoms with Gasteiger partial charge in [0.15, 0.2) is 0 Å². The Morgan fingerprint density at radius 2 is 1.77 bits per heavy atom. The van der Waals surface area contributed by atoms with Crippen molar-refractivity contribution in [3.05, 3.63) is 30.1 Å². The number of nitrogens with one attached hydrogen (secondary N) is 1. The van der Waals surface area contributed by atoms with E-state index in [0.717, 1.165) is 55.4 Å². The number of hydrogen-bond acceptors (Lipinski definition) is 5. The third-order valence-electron chi connectivity index (χ3n) is 12.4. The number of imidazole rings is 1. The van der Waals surface area contributed by atoms with Crippen molar-refractivity contribution in [3.8, 4) is 0 Å². The number of carbonyl (C=O) groups is 2. The van der Waals surface area contributed by atoms with Crippen LogP contribution in [-0.2, 0) is 25.5 Å². The SMILES string of the molecule is CC(=O)O[C@H]1CC[C@@]2(C)[C@H](CC[C@@H]3[C@@H]2C[C@H](OC(C)=O)[C@]2(C)[C@@H]([C@H](C)CCc4nc5ccccc5[nH]4)CC[C@@H]32)C1. The normalized spacial score (nSPS) is 39.6. The Morgan fingerprint density at radius 3 is 2.52 bits per heavy atom. The highest BCUT2D eigenvalue weighted by Gasteiger charge is 2.65. The van der Waals surface area contributed by atoms with Gasteiger partial charge < -0.3 is 14.5 Å². The van der Waals surface area contributed by atoms with Crippen molar-refractivity contribution in [2.75, 3.05) is 0 Å². The first kappa shape index (κ1) is 27.8. The van der Waals surface area contributed by atoms with Gasteiger partial charge in [0, 0.05) is 25.7 Å². The van der Waals surface area contributed by atoms with E-state index < -0.39 is 0 Å². The predicted molar refractivity (Wildman–Crippen MR) is 155 cm³/mol. The zero-order valence-corrected chi connectivity index (χ0v) is 25.1. The van der Waals surface area contributed by atoms with Gasteiger partial charge in [0.2, 0.25) is 0 Å². The standard InChI is InChI=1S/C34H48N2O4/c1-20(10-15-32-35-29-8-6-7-9-30(29)36-32)26-13-14-27-25-12-11-23-18-24(39-21(2)37)16-17-33(23,4)28(25)19-31(34(26,27)5)40-22(3)38/h6-9,20,23-28,31H,10-19H2,1-5H3,(H,35,36)/t20-,23-,24+,25+,26-,27+,28+,31+,33+,34-/m1/s1. The number of aryl methyl sites for hydroxylation is 1. The molecule has 4 saturated carbocycles. The van der Waals surface area contributed by atoms with Crippen LogP contribution >= 0.6 is 0 Å². The lowest BCUT2D eigenvalue weighted by molar-refractivity contribution is -0.197. The summed E-state index contributed by atoms with van der Waals surface area (Å²) in [4.78, 5) is 32.5. The van der Waals surface area contributed by atoms with E-state index in [-0.39, 0.29) is 35.0 Å². The number of H-pyrrole nitrogens is 1. The van der Waals surface area contributed by atoms with Crippen LogP contribution in [0.3, 0.4) is 0 Å². The number of hydrogen-bond donors (Lipinski definition) is 1. The summed E-state index contributed by atoms with van der Waals surface area (Å²) in [5, 5.41) is 0. The van der Waals surface area contributed by atoms with Gasteiger partial charge in [-0.05, 0) is 111 Å². The van der Waals surface area contributed by atoms with Crippen molar-refractivity contribution in [2.24, 2.45) is 46.3 Å². The molecule has 0 saturated heterocycles. The zero-order chi connectivity index (χ0) is 28.2. The Hall–Kier alpha value is -2.37.